The molecule has 13 nitrogen and oxygen atoms in total. The van der Waals surface area contributed by atoms with Gasteiger partial charge < -0.3 is 26.4 Å². The van der Waals surface area contributed by atoms with Crippen LogP contribution in [0.4, 0.5) is 0 Å². The lowest BCUT2D eigenvalue weighted by Gasteiger charge is -2.31. The predicted octanol–water partition coefficient (Wildman–Crippen LogP) is 1.74. The summed E-state index contributed by atoms with van der Waals surface area (Å²) in [5.41, 5.74) is 4.57. The molecule has 13 heteroatoms. The first-order valence-electron chi connectivity index (χ1n) is 15.8. The maximum absolute atomic E-state index is 14.5. The third-order valence-electron chi connectivity index (χ3n) is 9.02. The van der Waals surface area contributed by atoms with Gasteiger partial charge in [0.2, 0.25) is 17.6 Å². The Labute approximate surface area is 266 Å². The number of likely N-dealkylation sites (tertiary alicyclic amines) is 1. The molecule has 1 aliphatic heterocycles. The average molecular weight is 632 g/mol. The summed E-state index contributed by atoms with van der Waals surface area (Å²) in [4.78, 5) is 66.1. The van der Waals surface area contributed by atoms with Crippen molar-refractivity contribution in [2.24, 2.45) is 11.7 Å². The molecule has 2 aliphatic rings. The third kappa shape index (κ3) is 7.41. The molecule has 1 saturated heterocycles. The van der Waals surface area contributed by atoms with Crippen molar-refractivity contribution >= 4 is 40.2 Å². The molecule has 2 heterocycles. The van der Waals surface area contributed by atoms with Crippen LogP contribution < -0.4 is 16.4 Å². The van der Waals surface area contributed by atoms with E-state index in [1.165, 1.54) is 15.8 Å². The van der Waals surface area contributed by atoms with Gasteiger partial charge in [-0.05, 0) is 49.1 Å². The van der Waals surface area contributed by atoms with Crippen LogP contribution in [0.25, 0.3) is 10.8 Å². The number of nitrogens with one attached hydrogen (secondary N) is 2. The zero-order valence-electron chi connectivity index (χ0n) is 26.1. The number of hydrogen-bond donors (Lipinski definition) is 4. The van der Waals surface area contributed by atoms with Crippen LogP contribution in [-0.2, 0) is 24.8 Å². The molecule has 3 aromatic rings. The summed E-state index contributed by atoms with van der Waals surface area (Å²) in [6, 6.07) is 10.5. The molecule has 5 rings (SSSR count). The molecule has 0 unspecified atom stereocenters. The number of rotatable bonds is 11. The second-order valence-corrected chi connectivity index (χ2v) is 12.9. The fourth-order valence-electron chi connectivity index (χ4n) is 6.56. The minimum Gasteiger partial charge on any atom is -0.384 e. The zero-order chi connectivity index (χ0) is 33.0. The monoisotopic (exact) mass is 631 g/mol. The molecule has 244 valence electrons. The zero-order valence-corrected chi connectivity index (χ0v) is 26.1. The highest BCUT2D eigenvalue weighted by atomic mass is 16.3. The van der Waals surface area contributed by atoms with Gasteiger partial charge in [-0.15, -0.1) is 5.10 Å². The number of ketones is 1. The molecular formula is C33H41N7O6. The van der Waals surface area contributed by atoms with Crippen LogP contribution >= 0.6 is 0 Å². The van der Waals surface area contributed by atoms with E-state index in [9.17, 15) is 29.1 Å². The van der Waals surface area contributed by atoms with Crippen molar-refractivity contribution in [1.82, 2.24) is 30.5 Å². The Morgan fingerprint density at radius 3 is 2.46 bits per heavy atom. The lowest BCUT2D eigenvalue weighted by molar-refractivity contribution is -0.141. The third-order valence-corrected chi connectivity index (χ3v) is 9.02. The fraction of sp³-hybridized carbons (Fsp3) is 0.485. The van der Waals surface area contributed by atoms with Crippen LogP contribution in [0.5, 0.6) is 0 Å². The Morgan fingerprint density at radius 1 is 1.04 bits per heavy atom. The maximum atomic E-state index is 14.5. The first-order valence-corrected chi connectivity index (χ1v) is 15.8. The summed E-state index contributed by atoms with van der Waals surface area (Å²) in [7, 11) is 0. The van der Waals surface area contributed by atoms with Crippen LogP contribution in [-0.4, -0.2) is 79.6 Å². The van der Waals surface area contributed by atoms with Gasteiger partial charge in [0.05, 0.1) is 24.5 Å². The van der Waals surface area contributed by atoms with E-state index in [2.05, 4.69) is 20.9 Å². The van der Waals surface area contributed by atoms with Crippen molar-refractivity contribution in [3.05, 3.63) is 59.9 Å². The Morgan fingerprint density at radius 2 is 1.76 bits per heavy atom. The van der Waals surface area contributed by atoms with Crippen LogP contribution in [0.15, 0.2) is 48.7 Å². The largest absolute Gasteiger partial charge is 0.384 e. The van der Waals surface area contributed by atoms with E-state index in [0.29, 0.717) is 17.7 Å². The number of primary amides is 1. The van der Waals surface area contributed by atoms with Crippen molar-refractivity contribution in [2.75, 3.05) is 13.1 Å². The Balaban J connectivity index is 1.44. The smallest absolute Gasteiger partial charge is 0.286 e. The molecule has 2 fully saturated rings. The van der Waals surface area contributed by atoms with Crippen molar-refractivity contribution in [3.63, 3.8) is 0 Å². The summed E-state index contributed by atoms with van der Waals surface area (Å²) >= 11 is 0. The summed E-state index contributed by atoms with van der Waals surface area (Å²) < 4.78 is 1.51. The summed E-state index contributed by atoms with van der Waals surface area (Å²) in [5, 5.41) is 26.1. The fourth-order valence-corrected chi connectivity index (χ4v) is 6.56. The molecule has 0 radical (unpaired) electrons. The van der Waals surface area contributed by atoms with E-state index < -0.39 is 59.7 Å². The Kier molecular flexibility index (Phi) is 9.80. The van der Waals surface area contributed by atoms with Gasteiger partial charge >= 0.3 is 0 Å². The van der Waals surface area contributed by atoms with E-state index in [0.717, 1.165) is 42.9 Å². The molecule has 0 spiro atoms. The van der Waals surface area contributed by atoms with Crippen molar-refractivity contribution in [2.45, 2.75) is 82.5 Å². The number of aromatic nitrogens is 3. The normalized spacial score (nSPS) is 19.5. The summed E-state index contributed by atoms with van der Waals surface area (Å²) in [6.45, 7) is 2.60. The molecule has 3 atom stereocenters. The first-order chi connectivity index (χ1) is 21.9. The second-order valence-electron chi connectivity index (χ2n) is 12.9. The highest BCUT2D eigenvalue weighted by Crippen LogP contribution is 2.33. The van der Waals surface area contributed by atoms with Crippen molar-refractivity contribution < 1.29 is 29.1 Å². The molecule has 46 heavy (non-hydrogen) atoms. The quantitative estimate of drug-likeness (QED) is 0.230. The van der Waals surface area contributed by atoms with Gasteiger partial charge in [-0.25, -0.2) is 4.68 Å². The molecule has 1 aromatic heterocycles. The molecule has 5 N–H and O–H groups in total. The van der Waals surface area contributed by atoms with Crippen LogP contribution in [0.3, 0.4) is 0 Å². The van der Waals surface area contributed by atoms with Gasteiger partial charge in [-0.1, -0.05) is 67.6 Å². The molecule has 0 bridgehead atoms. The van der Waals surface area contributed by atoms with E-state index >= 15 is 0 Å². The van der Waals surface area contributed by atoms with E-state index in [1.807, 2.05) is 30.3 Å². The number of aliphatic hydroxyl groups is 1. The van der Waals surface area contributed by atoms with Gasteiger partial charge in [-0.2, -0.15) is 0 Å². The number of amides is 4. The second kappa shape index (κ2) is 13.8. The molecule has 1 saturated carbocycles. The first kappa shape index (κ1) is 32.7. The van der Waals surface area contributed by atoms with E-state index in [-0.39, 0.29) is 18.9 Å². The van der Waals surface area contributed by atoms with Gasteiger partial charge in [0.15, 0.2) is 0 Å². The maximum Gasteiger partial charge on any atom is 0.286 e. The van der Waals surface area contributed by atoms with E-state index in [1.54, 1.807) is 26.0 Å². The predicted molar refractivity (Wildman–Crippen MR) is 168 cm³/mol. The van der Waals surface area contributed by atoms with Gasteiger partial charge in [-0.3, -0.25) is 24.0 Å². The molecule has 4 amide bonds. The van der Waals surface area contributed by atoms with Gasteiger partial charge in [0.25, 0.3) is 11.8 Å². The van der Waals surface area contributed by atoms with Crippen molar-refractivity contribution in [3.8, 4) is 0 Å². The number of Topliss-reactive ketones (excluding diaryl/α,β-unsaturated/α-hetero) is 1. The molecular weight excluding hydrogens is 590 g/mol. The SMILES string of the molecule is CC(C)(O)c1cnnn1[C@H]1C[C@@H](C(=O)NCC(=O)C(N)=O)N(C(=O)[C@@H](CC2CCCCC2)NC(=O)c2ccc3ccccc3c2)C1. The lowest BCUT2D eigenvalue weighted by Crippen LogP contribution is -2.54. The minimum atomic E-state index is -1.30. The standard InChI is InChI=1S/C33H41N7O6/c1-33(2,46)28-18-36-38-40(28)24-16-26(31(44)35-17-27(41)29(34)42)39(19-24)32(45)25(14-20-8-4-3-5-9-20)37-30(43)23-13-12-21-10-6-7-11-22(21)15-23/h6-7,10-13,15,18,20,24-26,46H,3-5,8-9,14,16-17,19H2,1-2H3,(H2,34,42)(H,35,44)(H,37,43)/t24-,25+,26-/m0/s1. The Hall–Kier alpha value is -4.65. The molecule has 2 aromatic carbocycles. The topological polar surface area (TPSA) is 190 Å². The highest BCUT2D eigenvalue weighted by Gasteiger charge is 2.44. The van der Waals surface area contributed by atoms with Gasteiger partial charge in [0, 0.05) is 18.5 Å². The number of nitrogens with zero attached hydrogens (tertiary/aromatic N) is 4. The number of hydrogen-bond acceptors (Lipinski definition) is 8. The van der Waals surface area contributed by atoms with Crippen molar-refractivity contribution in [1.29, 1.82) is 0 Å². The number of carbonyl (C=O) groups is 5. The van der Waals surface area contributed by atoms with Crippen LogP contribution in [0.1, 0.15) is 80.9 Å². The van der Waals surface area contributed by atoms with Gasteiger partial charge in [0.1, 0.15) is 17.7 Å². The minimum absolute atomic E-state index is 0.0418. The van der Waals surface area contributed by atoms with E-state index in [4.69, 9.17) is 5.73 Å². The number of benzene rings is 2. The Bertz CT molecular complexity index is 1620. The highest BCUT2D eigenvalue weighted by molar-refractivity contribution is 6.36. The number of fused-ring (bicyclic) bond motifs is 1. The number of carbonyl (C=O) groups excluding carboxylic acids is 5. The summed E-state index contributed by atoms with van der Waals surface area (Å²) in [5.74, 6) is -3.42. The lowest BCUT2D eigenvalue weighted by atomic mass is 9.84. The van der Waals surface area contributed by atoms with Crippen LogP contribution in [0.2, 0.25) is 0 Å². The molecule has 1 aliphatic carbocycles. The van der Waals surface area contributed by atoms with Crippen LogP contribution in [0, 0.1) is 5.92 Å². The number of nitrogens with two attached hydrogens (primary N) is 1. The average Bonchev–Trinajstić information content (AvgIpc) is 3.71. The summed E-state index contributed by atoms with van der Waals surface area (Å²) in [6.07, 6.45) is 7.02.